The zero-order valence-corrected chi connectivity index (χ0v) is 13.1. The van der Waals surface area contributed by atoms with Crippen LogP contribution in [0.4, 0.5) is 0 Å². The summed E-state index contributed by atoms with van der Waals surface area (Å²) < 4.78 is 0. The van der Waals surface area contributed by atoms with Crippen LogP contribution >= 0.6 is 11.8 Å². The number of hydrogen-bond donors (Lipinski definition) is 0. The molecule has 0 atom stereocenters. The predicted molar refractivity (Wildman–Crippen MR) is 87.0 cm³/mol. The fraction of sp³-hybridized carbons (Fsp3) is 0.867. The van der Waals surface area contributed by atoms with Crippen molar-refractivity contribution in [1.29, 1.82) is 0 Å². The fourth-order valence-corrected chi connectivity index (χ4v) is 2.82. The minimum absolute atomic E-state index is 1.08. The Bertz CT molecular complexity index is 199. The third-order valence-corrected chi connectivity index (χ3v) is 4.05. The van der Waals surface area contributed by atoms with Crippen molar-refractivity contribution in [2.24, 2.45) is 10.2 Å². The van der Waals surface area contributed by atoms with E-state index in [0.717, 1.165) is 6.42 Å². The van der Waals surface area contributed by atoms with Gasteiger partial charge in [-0.25, -0.2) is 0 Å². The highest BCUT2D eigenvalue weighted by molar-refractivity contribution is 8.13. The van der Waals surface area contributed by atoms with E-state index in [1.165, 1.54) is 68.6 Å². The molecule has 0 aliphatic heterocycles. The molecule has 0 rings (SSSR count). The number of nitrogens with zero attached hydrogens (tertiary/aromatic N) is 2. The van der Waals surface area contributed by atoms with Crippen molar-refractivity contribution in [2.45, 2.75) is 78.1 Å². The highest BCUT2D eigenvalue weighted by Crippen LogP contribution is 2.16. The molecule has 0 aliphatic carbocycles. The molecule has 0 bridgehead atoms. The molecule has 0 aromatic heterocycles. The Hall–Kier alpha value is -0.310. The first kappa shape index (κ1) is 17.7. The van der Waals surface area contributed by atoms with Gasteiger partial charge < -0.3 is 0 Å². The Labute approximate surface area is 118 Å². The molecule has 0 aromatic rings. The number of hydrogen-bond acceptors (Lipinski definition) is 3. The van der Waals surface area contributed by atoms with Crippen LogP contribution in [0, 0.1) is 0 Å². The summed E-state index contributed by atoms with van der Waals surface area (Å²) in [6.07, 6.45) is 13.0. The minimum atomic E-state index is 1.08. The van der Waals surface area contributed by atoms with Crippen LogP contribution in [0.2, 0.25) is 0 Å². The Balaban J connectivity index is 3.59. The average molecular weight is 270 g/mol. The van der Waals surface area contributed by atoms with Crippen LogP contribution in [0.15, 0.2) is 10.2 Å². The molecule has 2 nitrogen and oxygen atoms in total. The van der Waals surface area contributed by atoms with Gasteiger partial charge >= 0.3 is 0 Å². The largest absolute Gasteiger partial charge is 0.166 e. The Kier molecular flexibility index (Phi) is 14.5. The highest BCUT2D eigenvalue weighted by Gasteiger charge is 2.01. The standard InChI is InChI=1S/C15H30N2S/c1-4-6-8-10-11-13-15(17-16-3)18-14-12-9-7-5-2/h3-14H2,1-2H3/b17-15-. The summed E-state index contributed by atoms with van der Waals surface area (Å²) >= 11 is 1.88. The van der Waals surface area contributed by atoms with Gasteiger partial charge in [0.15, 0.2) is 0 Å². The molecule has 0 amide bonds. The second kappa shape index (κ2) is 14.7. The molecule has 0 fully saturated rings. The second-order valence-electron chi connectivity index (χ2n) is 4.71. The van der Waals surface area contributed by atoms with Gasteiger partial charge in [-0.3, -0.25) is 0 Å². The molecule has 18 heavy (non-hydrogen) atoms. The van der Waals surface area contributed by atoms with Gasteiger partial charge in [-0.05, 0) is 25.0 Å². The molecule has 0 spiro atoms. The van der Waals surface area contributed by atoms with Gasteiger partial charge in [-0.15, -0.1) is 16.9 Å². The van der Waals surface area contributed by atoms with E-state index < -0.39 is 0 Å². The van der Waals surface area contributed by atoms with Crippen molar-refractivity contribution < 1.29 is 0 Å². The molecule has 0 saturated heterocycles. The summed E-state index contributed by atoms with van der Waals surface area (Å²) in [6.45, 7) is 7.96. The van der Waals surface area contributed by atoms with Gasteiger partial charge in [0.05, 0.1) is 5.04 Å². The van der Waals surface area contributed by atoms with Crippen molar-refractivity contribution in [3.05, 3.63) is 0 Å². The molecule has 0 heterocycles. The molecule has 3 heteroatoms. The van der Waals surface area contributed by atoms with Crippen LogP contribution < -0.4 is 0 Å². The van der Waals surface area contributed by atoms with E-state index in [4.69, 9.17) is 0 Å². The van der Waals surface area contributed by atoms with Gasteiger partial charge in [0.1, 0.15) is 0 Å². The molecule has 106 valence electrons. The van der Waals surface area contributed by atoms with Crippen LogP contribution in [0.3, 0.4) is 0 Å². The number of rotatable bonds is 12. The smallest absolute Gasteiger partial charge is 0.0958 e. The van der Waals surface area contributed by atoms with Gasteiger partial charge in [0.2, 0.25) is 0 Å². The lowest BCUT2D eigenvalue weighted by molar-refractivity contribution is 0.644. The van der Waals surface area contributed by atoms with Gasteiger partial charge in [0.25, 0.3) is 0 Å². The molecule has 0 radical (unpaired) electrons. The topological polar surface area (TPSA) is 24.7 Å². The normalized spacial score (nSPS) is 11.8. The molecule has 0 N–H and O–H groups in total. The molecule has 0 aliphatic rings. The second-order valence-corrected chi connectivity index (χ2v) is 5.88. The van der Waals surface area contributed by atoms with Gasteiger partial charge in [0, 0.05) is 6.72 Å². The molecular formula is C15H30N2S. The van der Waals surface area contributed by atoms with Crippen molar-refractivity contribution >= 4 is 23.5 Å². The molecule has 0 unspecified atom stereocenters. The maximum absolute atomic E-state index is 4.15. The lowest BCUT2D eigenvalue weighted by Gasteiger charge is -2.04. The average Bonchev–Trinajstić information content (AvgIpc) is 2.38. The molecule has 0 aromatic carbocycles. The Morgan fingerprint density at radius 1 is 0.889 bits per heavy atom. The first-order valence-electron chi connectivity index (χ1n) is 7.50. The molecular weight excluding hydrogens is 240 g/mol. The fourth-order valence-electron chi connectivity index (χ4n) is 1.83. The summed E-state index contributed by atoms with van der Waals surface area (Å²) in [7, 11) is 0. The maximum Gasteiger partial charge on any atom is 0.0958 e. The summed E-state index contributed by atoms with van der Waals surface area (Å²) in [5.41, 5.74) is 0. The first-order valence-corrected chi connectivity index (χ1v) is 8.49. The van der Waals surface area contributed by atoms with Crippen LogP contribution in [0.5, 0.6) is 0 Å². The highest BCUT2D eigenvalue weighted by atomic mass is 32.2. The van der Waals surface area contributed by atoms with Gasteiger partial charge in [-0.2, -0.15) is 5.10 Å². The van der Waals surface area contributed by atoms with Crippen LogP contribution in [0.1, 0.15) is 78.1 Å². The van der Waals surface area contributed by atoms with Crippen molar-refractivity contribution in [2.75, 3.05) is 5.75 Å². The summed E-state index contributed by atoms with van der Waals surface area (Å²) in [4.78, 5) is 0. The lowest BCUT2D eigenvalue weighted by Crippen LogP contribution is -1.95. The van der Waals surface area contributed by atoms with Gasteiger partial charge in [-0.1, -0.05) is 58.8 Å². The van der Waals surface area contributed by atoms with Crippen molar-refractivity contribution in [3.8, 4) is 0 Å². The summed E-state index contributed by atoms with van der Waals surface area (Å²) in [5, 5.41) is 9.02. The minimum Gasteiger partial charge on any atom is -0.166 e. The van der Waals surface area contributed by atoms with E-state index in [2.05, 4.69) is 30.8 Å². The van der Waals surface area contributed by atoms with E-state index in [1.54, 1.807) is 0 Å². The number of thioether (sulfide) groups is 1. The van der Waals surface area contributed by atoms with Crippen LogP contribution in [-0.2, 0) is 0 Å². The van der Waals surface area contributed by atoms with Crippen LogP contribution in [-0.4, -0.2) is 17.5 Å². The number of unbranched alkanes of at least 4 members (excludes halogenated alkanes) is 7. The third kappa shape index (κ3) is 12.2. The Morgan fingerprint density at radius 3 is 2.11 bits per heavy atom. The maximum atomic E-state index is 4.15. The van der Waals surface area contributed by atoms with Crippen molar-refractivity contribution in [3.63, 3.8) is 0 Å². The monoisotopic (exact) mass is 270 g/mol. The van der Waals surface area contributed by atoms with E-state index in [0.29, 0.717) is 0 Å². The lowest BCUT2D eigenvalue weighted by atomic mass is 10.1. The van der Waals surface area contributed by atoms with Crippen LogP contribution in [0.25, 0.3) is 0 Å². The van der Waals surface area contributed by atoms with Crippen molar-refractivity contribution in [1.82, 2.24) is 0 Å². The zero-order chi connectivity index (χ0) is 13.5. The quantitative estimate of drug-likeness (QED) is 0.194. The van der Waals surface area contributed by atoms with E-state index in [1.807, 2.05) is 11.8 Å². The predicted octanol–water partition coefficient (Wildman–Crippen LogP) is 5.67. The first-order chi connectivity index (χ1) is 8.85. The SMILES string of the molecule is C=N/N=C(/CCCCCCC)SCCCCCC. The molecule has 0 saturated carbocycles. The Morgan fingerprint density at radius 2 is 1.50 bits per heavy atom. The third-order valence-electron chi connectivity index (χ3n) is 2.94. The van der Waals surface area contributed by atoms with E-state index in [9.17, 15) is 0 Å². The summed E-state index contributed by atoms with van der Waals surface area (Å²) in [5.74, 6) is 1.18. The summed E-state index contributed by atoms with van der Waals surface area (Å²) in [6, 6.07) is 0. The zero-order valence-electron chi connectivity index (χ0n) is 12.3. The van der Waals surface area contributed by atoms with E-state index in [-0.39, 0.29) is 0 Å². The van der Waals surface area contributed by atoms with E-state index >= 15 is 0 Å².